The largest absolute Gasteiger partial charge is 0.481 e. The summed E-state index contributed by atoms with van der Waals surface area (Å²) in [5.74, 6) is -17.6. The number of fused-ring (bicyclic) bond motifs is 8. The van der Waals surface area contributed by atoms with Gasteiger partial charge in [0.1, 0.15) is 78.5 Å². The van der Waals surface area contributed by atoms with Crippen LogP contribution in [-0.2, 0) is 97.6 Å². The van der Waals surface area contributed by atoms with E-state index in [2.05, 4.69) is 78.8 Å². The summed E-state index contributed by atoms with van der Waals surface area (Å²) in [5.41, 5.74) is 13.9. The van der Waals surface area contributed by atoms with Gasteiger partial charge in [-0.2, -0.15) is 0 Å². The third-order valence-corrected chi connectivity index (χ3v) is 24.5. The SMILES string of the molecule is CC[C@H](C)[C@@H]1NC(=O)[C@@H]2CCCN2C(=O)[C@H](Cc2c[nH]c3ccccc23)N(C)C(=O)[C@H](CCCNC(=N)N)N(C)C(=O)[C@@H](Cc2ccccc2)NC(=O)[C@H](Cc2cnc[nH]2)NC(=O)[C@H]([C@@H](C)O)NC(=O)[C@@H]2CSSC[C@H](NC1=O)C(=O)N[C@@H](Cc1ccccc1)C(=O)N1CCC[C@H]1C(=O)N[C@@H](CC(=O)O)C(=O)NCC(=O)N[C@@H](CCCNC(=N)N)C(=O)N2. The number of nitrogens with zero attached hydrogens (tertiary/aromatic N) is 5. The molecule has 0 spiro atoms. The third kappa shape index (κ3) is 26.6. The summed E-state index contributed by atoms with van der Waals surface area (Å²) in [6.45, 7) is 3.50. The zero-order valence-electron chi connectivity index (χ0n) is 69.0. The van der Waals surface area contributed by atoms with Crippen molar-refractivity contribution in [2.45, 2.75) is 195 Å². The minimum absolute atomic E-state index is 0.00160. The van der Waals surface area contributed by atoms with Gasteiger partial charge in [-0.25, -0.2) is 4.98 Å². The summed E-state index contributed by atoms with van der Waals surface area (Å²) in [6, 6.07) is 3.33. The fraction of sp³-hybridized carbons (Fsp3) is 0.506. The first-order chi connectivity index (χ1) is 58.8. The van der Waals surface area contributed by atoms with Gasteiger partial charge in [0.2, 0.25) is 82.7 Å². The highest BCUT2D eigenvalue weighted by Gasteiger charge is 2.46. The van der Waals surface area contributed by atoms with Crippen LogP contribution in [0.2, 0.25) is 0 Å². The van der Waals surface area contributed by atoms with Crippen molar-refractivity contribution in [3.63, 3.8) is 0 Å². The number of amides is 14. The molecule has 123 heavy (non-hydrogen) atoms. The zero-order chi connectivity index (χ0) is 89.1. The number of hydrogen-bond acceptors (Lipinski definition) is 21. The smallest absolute Gasteiger partial charge is 0.305 e. The van der Waals surface area contributed by atoms with Gasteiger partial charge in [-0.15, -0.1) is 0 Å². The van der Waals surface area contributed by atoms with Gasteiger partial charge in [0.15, 0.2) is 11.9 Å². The van der Waals surface area contributed by atoms with E-state index in [9.17, 15) is 34.2 Å². The summed E-state index contributed by atoms with van der Waals surface area (Å²) in [4.78, 5) is 240. The van der Waals surface area contributed by atoms with E-state index < -0.39 is 210 Å². The molecule has 4 fully saturated rings. The van der Waals surface area contributed by atoms with E-state index in [1.165, 1.54) is 41.3 Å². The van der Waals surface area contributed by atoms with Crippen molar-refractivity contribution in [3.05, 3.63) is 126 Å². The number of benzene rings is 3. The lowest BCUT2D eigenvalue weighted by atomic mass is 9.97. The predicted molar refractivity (Wildman–Crippen MR) is 454 cm³/mol. The molecule has 5 aromatic rings. The predicted octanol–water partition coefficient (Wildman–Crippen LogP) is -2.89. The third-order valence-electron chi connectivity index (χ3n) is 22.1. The van der Waals surface area contributed by atoms with E-state index in [-0.39, 0.29) is 121 Å². The van der Waals surface area contributed by atoms with Crippen LogP contribution in [0.4, 0.5) is 0 Å². The molecule has 2 bridgehead atoms. The van der Waals surface area contributed by atoms with Gasteiger partial charge < -0.3 is 115 Å². The van der Waals surface area contributed by atoms with Crippen LogP contribution in [0.25, 0.3) is 10.9 Å². The van der Waals surface area contributed by atoms with Crippen LogP contribution in [0.15, 0.2) is 104 Å². The van der Waals surface area contributed by atoms with Crippen LogP contribution < -0.4 is 75.3 Å². The lowest BCUT2D eigenvalue weighted by Gasteiger charge is -2.38. The number of likely N-dealkylation sites (N-methyl/N-ethyl adjacent to an activating group) is 2. The van der Waals surface area contributed by atoms with Crippen LogP contribution in [0.1, 0.15) is 107 Å². The Morgan fingerprint density at radius 1 is 0.545 bits per heavy atom. The van der Waals surface area contributed by atoms with Gasteiger partial charge in [0.25, 0.3) is 0 Å². The molecule has 9 rings (SSSR count). The number of para-hydroxylation sites is 1. The van der Waals surface area contributed by atoms with Crippen molar-refractivity contribution in [1.29, 1.82) is 10.8 Å². The second-order valence-electron chi connectivity index (χ2n) is 31.0. The summed E-state index contributed by atoms with van der Waals surface area (Å²) in [5, 5.41) is 69.6. The molecule has 6 heterocycles. The van der Waals surface area contributed by atoms with E-state index in [0.29, 0.717) is 27.6 Å². The minimum Gasteiger partial charge on any atom is -0.481 e. The molecule has 0 radical (unpaired) electrons. The summed E-state index contributed by atoms with van der Waals surface area (Å²) < 4.78 is 0. The molecule has 22 N–H and O–H groups in total. The number of aliphatic carboxylic acids is 1. The monoisotopic (exact) mass is 1740 g/mol. The average molecular weight is 1740 g/mol. The fourth-order valence-electron chi connectivity index (χ4n) is 15.1. The van der Waals surface area contributed by atoms with E-state index >= 15 is 47.9 Å². The molecule has 40 nitrogen and oxygen atoms in total. The minimum atomic E-state index is -2.01. The molecule has 15 atom stereocenters. The van der Waals surface area contributed by atoms with Gasteiger partial charge in [-0.1, -0.05) is 121 Å². The molecule has 2 aromatic heterocycles. The van der Waals surface area contributed by atoms with Crippen LogP contribution in [-0.4, -0.2) is 288 Å². The van der Waals surface area contributed by atoms with Gasteiger partial charge in [0, 0.05) is 106 Å². The first-order valence-electron chi connectivity index (χ1n) is 40.8. The Kier molecular flexibility index (Phi) is 35.0. The zero-order valence-corrected chi connectivity index (χ0v) is 70.7. The molecule has 0 unspecified atom stereocenters. The number of aliphatic hydroxyl groups is 1. The number of nitrogens with two attached hydrogens (primary N) is 2. The number of imidazole rings is 1. The standard InChI is InChI=1S/C81H111N23O17S2/c1-6-44(2)65-74(116)98-57-41-122-123-42-58(97-68(110)52(25-15-29-87-80(82)83)92-63(106)40-90-67(109)54(37-64(107)108)93-72(114)59-27-17-31-103(59)77(119)56(96-70(57)112)34-47-21-11-8-12-22-47)71(113)100-66(45(3)105)75(117)94-53(36-49-39-86-43-91-49)69(111)95-55(33-46-19-9-7-10-20-46)76(118)101(4)61(26-16-30-88-81(84)85)78(120)102(5)62(35-48-38-89-51-24-14-13-23-50(48)51)79(121)104-32-18-28-60(104)73(115)99-65/h7-14,19-24,38-39,43-45,52-62,65-66,89,105H,6,15-18,25-37,40-42H2,1-5H3,(H,86,91)(H,90,109)(H,92,106)(H,93,114)(H,94,117)(H,95,111)(H,96,112)(H,97,110)(H,98,116)(H,99,115)(H,100,113)(H,107,108)(H4,82,83,87)(H4,84,85,88)/t44-,45+,52-,53-,54-,55+,56-,57-,58-,59-,60-,61-,62-,65-,66-/m0/s1. The molecular weight excluding hydrogens is 1630 g/mol. The molecule has 4 aliphatic rings. The number of aromatic amines is 2. The lowest BCUT2D eigenvalue weighted by molar-refractivity contribution is -0.152. The second kappa shape index (κ2) is 45.5. The maximum atomic E-state index is 16.0. The van der Waals surface area contributed by atoms with E-state index in [1.807, 2.05) is 18.2 Å². The van der Waals surface area contributed by atoms with Gasteiger partial charge in [-0.3, -0.25) is 82.7 Å². The Morgan fingerprint density at radius 2 is 1.06 bits per heavy atom. The fourth-order valence-corrected chi connectivity index (χ4v) is 17.5. The van der Waals surface area contributed by atoms with Gasteiger partial charge >= 0.3 is 5.97 Å². The van der Waals surface area contributed by atoms with Crippen molar-refractivity contribution in [2.75, 3.05) is 58.3 Å². The second-order valence-corrected chi connectivity index (χ2v) is 33.5. The van der Waals surface area contributed by atoms with Crippen molar-refractivity contribution in [3.8, 4) is 0 Å². The first-order valence-corrected chi connectivity index (χ1v) is 43.3. The Morgan fingerprint density at radius 3 is 1.64 bits per heavy atom. The molecule has 4 saturated heterocycles. The normalized spacial score (nSPS) is 25.4. The van der Waals surface area contributed by atoms with Gasteiger partial charge in [0.05, 0.1) is 25.4 Å². The summed E-state index contributed by atoms with van der Waals surface area (Å²) in [6.07, 6.45) is 0.937. The maximum absolute atomic E-state index is 16.0. The number of carbonyl (C=O) groups excluding carboxylic acids is 14. The number of hydrogen-bond donors (Lipinski definition) is 20. The number of rotatable bonds is 21. The number of carbonyl (C=O) groups is 15. The first kappa shape index (κ1) is 94.5. The van der Waals surface area contributed by atoms with Crippen molar-refractivity contribution in [1.82, 2.24) is 98.4 Å². The molecular formula is C81H111N23O17S2. The summed E-state index contributed by atoms with van der Waals surface area (Å²) >= 11 is 0. The molecule has 42 heteroatoms. The van der Waals surface area contributed by atoms with Crippen LogP contribution in [0, 0.1) is 16.7 Å². The quantitative estimate of drug-likeness (QED) is 0.0152. The molecule has 0 saturated carbocycles. The van der Waals surface area contributed by atoms with E-state index in [0.717, 1.165) is 33.4 Å². The van der Waals surface area contributed by atoms with Crippen molar-refractivity contribution < 1.29 is 82.1 Å². The number of H-pyrrole nitrogens is 2. The Hall–Kier alpha value is -12.3. The highest BCUT2D eigenvalue weighted by atomic mass is 33.1. The number of aliphatic hydroxyl groups excluding tert-OH is 1. The highest BCUT2D eigenvalue weighted by molar-refractivity contribution is 8.76. The molecule has 4 aliphatic heterocycles. The van der Waals surface area contributed by atoms with Crippen molar-refractivity contribution in [2.24, 2.45) is 17.4 Å². The molecule has 3 aromatic carbocycles. The molecule has 0 aliphatic carbocycles. The number of nitrogens with one attached hydrogen (secondary N) is 16. The lowest BCUT2D eigenvalue weighted by Crippen LogP contribution is -2.63. The molecule has 14 amide bonds. The van der Waals surface area contributed by atoms with Gasteiger partial charge in [-0.05, 0) is 87.0 Å². The topological polar surface area (TPSA) is 598 Å². The highest BCUT2D eigenvalue weighted by Crippen LogP contribution is 2.29. The van der Waals surface area contributed by atoms with Crippen LogP contribution >= 0.6 is 21.6 Å². The van der Waals surface area contributed by atoms with E-state index in [4.69, 9.17) is 22.3 Å². The average Bonchev–Trinajstić information content (AvgIpc) is 1.68. The molecule has 664 valence electrons. The van der Waals surface area contributed by atoms with Crippen LogP contribution in [0.3, 0.4) is 0 Å². The number of carboxylic acids is 1. The number of guanidine groups is 2. The Balaban J connectivity index is 1.19. The Bertz CT molecular complexity index is 4600. The summed E-state index contributed by atoms with van der Waals surface area (Å²) in [7, 11) is 4.42. The number of aromatic nitrogens is 3. The Labute approximate surface area is 717 Å². The van der Waals surface area contributed by atoms with Crippen molar-refractivity contribution >= 4 is 133 Å². The van der Waals surface area contributed by atoms with Crippen LogP contribution in [0.5, 0.6) is 0 Å². The van der Waals surface area contributed by atoms with E-state index in [1.54, 1.807) is 86.8 Å². The number of carboxylic acid groups (broad SMARTS) is 1. The maximum Gasteiger partial charge on any atom is 0.305 e.